The fourth-order valence-electron chi connectivity index (χ4n) is 2.14. The van der Waals surface area contributed by atoms with Crippen molar-refractivity contribution in [2.75, 3.05) is 7.05 Å². The van der Waals surface area contributed by atoms with Crippen LogP contribution in [0.1, 0.15) is 20.7 Å². The molecule has 0 aliphatic heterocycles. The van der Waals surface area contributed by atoms with Crippen molar-refractivity contribution >= 4 is 23.2 Å². The van der Waals surface area contributed by atoms with Gasteiger partial charge in [-0.1, -0.05) is 0 Å². The SMILES string of the molecule is CNC(=O)c1cncc(-n2ccc3cc(C=O)cnc32)c1. The summed E-state index contributed by atoms with van der Waals surface area (Å²) in [7, 11) is 1.57. The lowest BCUT2D eigenvalue weighted by molar-refractivity contribution is 0.0962. The van der Waals surface area contributed by atoms with Crippen LogP contribution < -0.4 is 5.32 Å². The summed E-state index contributed by atoms with van der Waals surface area (Å²) in [6.45, 7) is 0. The van der Waals surface area contributed by atoms with Gasteiger partial charge in [-0.3, -0.25) is 19.1 Å². The number of nitrogens with one attached hydrogen (secondary N) is 1. The molecule has 0 aliphatic carbocycles. The van der Waals surface area contributed by atoms with Gasteiger partial charge in [0.15, 0.2) is 6.29 Å². The van der Waals surface area contributed by atoms with Crippen LogP contribution in [0.4, 0.5) is 0 Å². The van der Waals surface area contributed by atoms with Crippen molar-refractivity contribution in [3.8, 4) is 5.69 Å². The second-order valence-electron chi connectivity index (χ2n) is 4.50. The van der Waals surface area contributed by atoms with E-state index in [1.807, 2.05) is 16.8 Å². The molecule has 0 radical (unpaired) electrons. The van der Waals surface area contributed by atoms with Gasteiger partial charge in [0.1, 0.15) is 5.65 Å². The molecule has 104 valence electrons. The zero-order chi connectivity index (χ0) is 14.8. The predicted octanol–water partition coefficient (Wildman–Crippen LogP) is 1.59. The molecule has 0 saturated carbocycles. The predicted molar refractivity (Wildman–Crippen MR) is 77.6 cm³/mol. The minimum absolute atomic E-state index is 0.197. The van der Waals surface area contributed by atoms with Crippen LogP contribution in [0.25, 0.3) is 16.7 Å². The molecule has 3 aromatic heterocycles. The van der Waals surface area contributed by atoms with E-state index in [4.69, 9.17) is 0 Å². The van der Waals surface area contributed by atoms with Crippen LogP contribution >= 0.6 is 0 Å². The van der Waals surface area contributed by atoms with Crippen LogP contribution in [0, 0.1) is 0 Å². The number of fused-ring (bicyclic) bond motifs is 1. The summed E-state index contributed by atoms with van der Waals surface area (Å²) in [6, 6.07) is 5.37. The highest BCUT2D eigenvalue weighted by molar-refractivity contribution is 5.94. The molecule has 0 bridgehead atoms. The number of pyridine rings is 2. The maximum absolute atomic E-state index is 11.7. The molecule has 0 atom stereocenters. The Morgan fingerprint density at radius 3 is 2.90 bits per heavy atom. The second kappa shape index (κ2) is 5.16. The molecule has 6 nitrogen and oxygen atoms in total. The highest BCUT2D eigenvalue weighted by Gasteiger charge is 2.09. The maximum Gasteiger partial charge on any atom is 0.252 e. The number of rotatable bonds is 3. The molecule has 3 rings (SSSR count). The highest BCUT2D eigenvalue weighted by Crippen LogP contribution is 2.19. The molecule has 0 aliphatic rings. The molecular formula is C15H12N4O2. The van der Waals surface area contributed by atoms with Crippen molar-refractivity contribution in [3.63, 3.8) is 0 Å². The lowest BCUT2D eigenvalue weighted by Crippen LogP contribution is -2.18. The number of carbonyl (C=O) groups excluding carboxylic acids is 2. The Kier molecular flexibility index (Phi) is 3.19. The summed E-state index contributed by atoms with van der Waals surface area (Å²) in [5.41, 5.74) is 2.44. The normalized spacial score (nSPS) is 10.5. The van der Waals surface area contributed by atoms with Gasteiger partial charge in [-0.25, -0.2) is 4.98 Å². The van der Waals surface area contributed by atoms with Gasteiger partial charge in [-0.05, 0) is 18.2 Å². The molecule has 0 unspecified atom stereocenters. The quantitative estimate of drug-likeness (QED) is 0.739. The van der Waals surface area contributed by atoms with E-state index in [1.54, 1.807) is 25.4 Å². The first-order chi connectivity index (χ1) is 10.2. The molecule has 0 spiro atoms. The van der Waals surface area contributed by atoms with Gasteiger partial charge in [0.05, 0.1) is 17.4 Å². The first kappa shape index (κ1) is 13.0. The first-order valence-corrected chi connectivity index (χ1v) is 6.32. The van der Waals surface area contributed by atoms with Gasteiger partial charge < -0.3 is 5.32 Å². The number of nitrogens with zero attached hydrogens (tertiary/aromatic N) is 3. The highest BCUT2D eigenvalue weighted by atomic mass is 16.1. The third-order valence-electron chi connectivity index (χ3n) is 3.17. The largest absolute Gasteiger partial charge is 0.355 e. The van der Waals surface area contributed by atoms with E-state index >= 15 is 0 Å². The van der Waals surface area contributed by atoms with Crippen molar-refractivity contribution in [3.05, 3.63) is 54.1 Å². The van der Waals surface area contributed by atoms with Gasteiger partial charge in [-0.15, -0.1) is 0 Å². The van der Waals surface area contributed by atoms with Gasteiger partial charge in [0.25, 0.3) is 5.91 Å². The van der Waals surface area contributed by atoms with E-state index in [2.05, 4.69) is 15.3 Å². The average Bonchev–Trinajstić information content (AvgIpc) is 2.97. The summed E-state index contributed by atoms with van der Waals surface area (Å²) in [5.74, 6) is -0.197. The summed E-state index contributed by atoms with van der Waals surface area (Å²) < 4.78 is 1.82. The fourth-order valence-corrected chi connectivity index (χ4v) is 2.14. The van der Waals surface area contributed by atoms with E-state index in [1.165, 1.54) is 12.4 Å². The lowest BCUT2D eigenvalue weighted by Gasteiger charge is -2.06. The van der Waals surface area contributed by atoms with E-state index in [0.29, 0.717) is 16.8 Å². The van der Waals surface area contributed by atoms with E-state index < -0.39 is 0 Å². The van der Waals surface area contributed by atoms with Gasteiger partial charge in [-0.2, -0.15) is 0 Å². The zero-order valence-electron chi connectivity index (χ0n) is 11.3. The number of carbonyl (C=O) groups is 2. The van der Waals surface area contributed by atoms with Crippen LogP contribution in [-0.2, 0) is 0 Å². The topological polar surface area (TPSA) is 76.9 Å². The third kappa shape index (κ3) is 2.27. The number of aldehydes is 1. The Morgan fingerprint density at radius 2 is 2.14 bits per heavy atom. The maximum atomic E-state index is 11.7. The molecular weight excluding hydrogens is 268 g/mol. The number of hydrogen-bond acceptors (Lipinski definition) is 4. The fraction of sp³-hybridized carbons (Fsp3) is 0.0667. The smallest absolute Gasteiger partial charge is 0.252 e. The Hall–Kier alpha value is -3.02. The average molecular weight is 280 g/mol. The van der Waals surface area contributed by atoms with Gasteiger partial charge in [0.2, 0.25) is 0 Å². The van der Waals surface area contributed by atoms with Crippen molar-refractivity contribution in [2.24, 2.45) is 0 Å². The van der Waals surface area contributed by atoms with Crippen LogP contribution in [-0.4, -0.2) is 33.8 Å². The van der Waals surface area contributed by atoms with Crippen LogP contribution in [0.2, 0.25) is 0 Å². The summed E-state index contributed by atoms with van der Waals surface area (Å²) in [5, 5.41) is 3.42. The molecule has 0 saturated heterocycles. The van der Waals surface area contributed by atoms with E-state index in [9.17, 15) is 9.59 Å². The van der Waals surface area contributed by atoms with Crippen LogP contribution in [0.5, 0.6) is 0 Å². The summed E-state index contributed by atoms with van der Waals surface area (Å²) in [6.07, 6.45) is 7.27. The molecule has 1 amide bonds. The molecule has 0 aromatic carbocycles. The molecule has 0 fully saturated rings. The minimum Gasteiger partial charge on any atom is -0.355 e. The molecule has 3 heterocycles. The standard InChI is InChI=1S/C15H12N4O2/c1-16-15(21)12-5-13(8-17-7-12)19-3-2-11-4-10(9-20)6-18-14(11)19/h2-9H,1H3,(H,16,21). The Balaban J connectivity index is 2.12. The zero-order valence-corrected chi connectivity index (χ0v) is 11.3. The first-order valence-electron chi connectivity index (χ1n) is 6.32. The Bertz CT molecular complexity index is 839. The van der Waals surface area contributed by atoms with Crippen molar-refractivity contribution in [1.82, 2.24) is 19.9 Å². The third-order valence-corrected chi connectivity index (χ3v) is 3.17. The van der Waals surface area contributed by atoms with E-state index in [0.717, 1.165) is 17.4 Å². The minimum atomic E-state index is -0.197. The monoisotopic (exact) mass is 280 g/mol. The Morgan fingerprint density at radius 1 is 1.29 bits per heavy atom. The Labute approximate surface area is 120 Å². The van der Waals surface area contributed by atoms with Crippen molar-refractivity contribution < 1.29 is 9.59 Å². The van der Waals surface area contributed by atoms with Gasteiger partial charge >= 0.3 is 0 Å². The summed E-state index contributed by atoms with van der Waals surface area (Å²) >= 11 is 0. The van der Waals surface area contributed by atoms with Crippen molar-refractivity contribution in [2.45, 2.75) is 0 Å². The number of amides is 1. The molecule has 6 heteroatoms. The van der Waals surface area contributed by atoms with Crippen LogP contribution in [0.15, 0.2) is 43.0 Å². The van der Waals surface area contributed by atoms with E-state index in [-0.39, 0.29) is 5.91 Å². The summed E-state index contributed by atoms with van der Waals surface area (Å²) in [4.78, 5) is 30.8. The number of aromatic nitrogens is 3. The van der Waals surface area contributed by atoms with Gasteiger partial charge in [0, 0.05) is 36.6 Å². The molecule has 3 aromatic rings. The molecule has 21 heavy (non-hydrogen) atoms. The lowest BCUT2D eigenvalue weighted by atomic mass is 10.2. The molecule has 1 N–H and O–H groups in total. The van der Waals surface area contributed by atoms with Crippen molar-refractivity contribution in [1.29, 1.82) is 0 Å². The second-order valence-corrected chi connectivity index (χ2v) is 4.50. The van der Waals surface area contributed by atoms with Crippen LogP contribution in [0.3, 0.4) is 0 Å². The number of hydrogen-bond donors (Lipinski definition) is 1.